The van der Waals surface area contributed by atoms with Gasteiger partial charge in [0.2, 0.25) is 0 Å². The molecule has 4 heteroatoms. The Morgan fingerprint density at radius 3 is 2.69 bits per heavy atom. The number of halogens is 1. The van der Waals surface area contributed by atoms with Crippen LogP contribution in [0.2, 0.25) is 0 Å². The average Bonchev–Trinajstić information content (AvgIpc) is 2.13. The van der Waals surface area contributed by atoms with E-state index in [0.717, 1.165) is 19.5 Å². The molecule has 1 saturated heterocycles. The number of carbonyl (C=O) groups excluding carboxylic acids is 1. The molecule has 1 rings (SSSR count). The van der Waals surface area contributed by atoms with Gasteiger partial charge in [-0.1, -0.05) is 20.4 Å². The first kappa shape index (κ1) is 13.8. The highest BCUT2D eigenvalue weighted by Gasteiger charge is 2.29. The molecule has 1 amide bonds. The third-order valence-electron chi connectivity index (χ3n) is 2.76. The summed E-state index contributed by atoms with van der Waals surface area (Å²) in [6.45, 7) is 9.80. The van der Waals surface area contributed by atoms with Crippen molar-refractivity contribution < 1.29 is 4.79 Å². The van der Waals surface area contributed by atoms with Gasteiger partial charge < -0.3 is 4.90 Å². The van der Waals surface area contributed by atoms with Gasteiger partial charge >= 0.3 is 0 Å². The van der Waals surface area contributed by atoms with Gasteiger partial charge in [-0.2, -0.15) is 0 Å². The molecule has 1 fully saturated rings. The minimum Gasteiger partial charge on any atom is -0.338 e. The monoisotopic (exact) mass is 303 g/mol. The first-order valence-electron chi connectivity index (χ1n) is 5.36. The molecule has 0 spiro atoms. The third-order valence-corrected chi connectivity index (χ3v) is 3.11. The zero-order chi connectivity index (χ0) is 12.3. The topological polar surface area (TPSA) is 20.3 Å². The van der Waals surface area contributed by atoms with Crippen LogP contribution in [0.15, 0.2) is 22.0 Å². The summed E-state index contributed by atoms with van der Waals surface area (Å²) in [7, 11) is 0. The van der Waals surface area contributed by atoms with Crippen molar-refractivity contribution in [2.75, 3.05) is 13.1 Å². The molecule has 0 aromatic heterocycles. The van der Waals surface area contributed by atoms with Crippen molar-refractivity contribution in [2.24, 2.45) is 5.41 Å². The second kappa shape index (κ2) is 5.41. The van der Waals surface area contributed by atoms with Gasteiger partial charge in [0, 0.05) is 22.5 Å². The zero-order valence-electron chi connectivity index (χ0n) is 9.79. The van der Waals surface area contributed by atoms with E-state index < -0.39 is 0 Å². The molecule has 0 aromatic rings. The third kappa shape index (κ3) is 3.98. The molecular formula is C12H18BrNOS. The molecule has 2 nitrogen and oxygen atoms in total. The van der Waals surface area contributed by atoms with Crippen molar-refractivity contribution in [3.63, 3.8) is 0 Å². The molecule has 90 valence electrons. The Balaban J connectivity index is 2.68. The lowest BCUT2D eigenvalue weighted by Crippen LogP contribution is -2.43. The predicted molar refractivity (Wildman–Crippen MR) is 74.7 cm³/mol. The van der Waals surface area contributed by atoms with Gasteiger partial charge in [-0.3, -0.25) is 4.79 Å². The SMILES string of the molecule is C=C(/C=C(\S)Br)C(=O)N1CCCC(C)(C)C1. The van der Waals surface area contributed by atoms with Gasteiger partial charge in [-0.05, 0) is 40.3 Å². The maximum atomic E-state index is 12.0. The summed E-state index contributed by atoms with van der Waals surface area (Å²) >= 11 is 7.26. The number of nitrogens with zero attached hydrogens (tertiary/aromatic N) is 1. The van der Waals surface area contributed by atoms with Crippen LogP contribution < -0.4 is 0 Å². The summed E-state index contributed by atoms with van der Waals surface area (Å²) in [4.78, 5) is 13.9. The standard InChI is InChI=1S/C12H18BrNOS/c1-9(7-10(13)16)11(15)14-6-4-5-12(2,3)8-14/h7,16H,1,4-6,8H2,2-3H3/b10-7-. The van der Waals surface area contributed by atoms with E-state index in [0.29, 0.717) is 9.39 Å². The maximum Gasteiger partial charge on any atom is 0.253 e. The summed E-state index contributed by atoms with van der Waals surface area (Å²) < 4.78 is 0.627. The van der Waals surface area contributed by atoms with E-state index in [9.17, 15) is 4.79 Å². The van der Waals surface area contributed by atoms with Gasteiger partial charge in [-0.15, -0.1) is 12.6 Å². The molecule has 0 N–H and O–H groups in total. The Morgan fingerprint density at radius 2 is 2.19 bits per heavy atom. The molecule has 0 unspecified atom stereocenters. The molecule has 1 aliphatic rings. The smallest absolute Gasteiger partial charge is 0.253 e. The minimum atomic E-state index is 0.0128. The van der Waals surface area contributed by atoms with Crippen LogP contribution in [0.25, 0.3) is 0 Å². The first-order valence-corrected chi connectivity index (χ1v) is 6.60. The highest BCUT2D eigenvalue weighted by Crippen LogP contribution is 2.29. The molecule has 0 atom stereocenters. The largest absolute Gasteiger partial charge is 0.338 e. The lowest BCUT2D eigenvalue weighted by Gasteiger charge is -2.38. The second-order valence-electron chi connectivity index (χ2n) is 4.99. The average molecular weight is 304 g/mol. The van der Waals surface area contributed by atoms with E-state index in [2.05, 4.69) is 49.0 Å². The van der Waals surface area contributed by atoms with Crippen LogP contribution in [0.4, 0.5) is 0 Å². The first-order chi connectivity index (χ1) is 7.32. The van der Waals surface area contributed by atoms with E-state index in [1.807, 2.05) is 4.90 Å². The molecule has 0 saturated carbocycles. The van der Waals surface area contributed by atoms with E-state index in [1.54, 1.807) is 6.08 Å². The quantitative estimate of drug-likeness (QED) is 0.471. The highest BCUT2D eigenvalue weighted by molar-refractivity contribution is 9.13. The summed E-state index contributed by atoms with van der Waals surface area (Å²) in [6, 6.07) is 0. The Bertz CT molecular complexity index is 332. The Morgan fingerprint density at radius 1 is 1.56 bits per heavy atom. The van der Waals surface area contributed by atoms with Crippen LogP contribution in [0.3, 0.4) is 0 Å². The van der Waals surface area contributed by atoms with E-state index in [-0.39, 0.29) is 11.3 Å². The Kier molecular flexibility index (Phi) is 4.68. The molecule has 0 bridgehead atoms. The Hall–Kier alpha value is -0.220. The van der Waals surface area contributed by atoms with E-state index >= 15 is 0 Å². The maximum absolute atomic E-state index is 12.0. The zero-order valence-corrected chi connectivity index (χ0v) is 12.3. The van der Waals surface area contributed by atoms with Crippen molar-refractivity contribution in [1.82, 2.24) is 4.90 Å². The summed E-state index contributed by atoms with van der Waals surface area (Å²) in [6.07, 6.45) is 3.89. The van der Waals surface area contributed by atoms with E-state index in [1.165, 1.54) is 6.42 Å². The predicted octanol–water partition coefficient (Wildman–Crippen LogP) is 3.36. The minimum absolute atomic E-state index is 0.0128. The summed E-state index contributed by atoms with van der Waals surface area (Å²) in [5.74, 6) is 0.0128. The molecule has 0 aromatic carbocycles. The van der Waals surface area contributed by atoms with Crippen molar-refractivity contribution in [3.8, 4) is 0 Å². The van der Waals surface area contributed by atoms with Gasteiger partial charge in [0.05, 0.1) is 0 Å². The summed E-state index contributed by atoms with van der Waals surface area (Å²) in [5.41, 5.74) is 0.704. The van der Waals surface area contributed by atoms with Crippen molar-refractivity contribution in [2.45, 2.75) is 26.7 Å². The van der Waals surface area contributed by atoms with Crippen molar-refractivity contribution in [3.05, 3.63) is 22.0 Å². The van der Waals surface area contributed by atoms with Gasteiger partial charge in [-0.25, -0.2) is 0 Å². The lowest BCUT2D eigenvalue weighted by atomic mass is 9.84. The van der Waals surface area contributed by atoms with Crippen LogP contribution in [0, 0.1) is 5.41 Å². The number of hydrogen-bond donors (Lipinski definition) is 1. The fourth-order valence-corrected chi connectivity index (χ4v) is 2.44. The molecule has 16 heavy (non-hydrogen) atoms. The van der Waals surface area contributed by atoms with Crippen LogP contribution in [-0.2, 0) is 4.79 Å². The molecular weight excluding hydrogens is 286 g/mol. The van der Waals surface area contributed by atoms with Crippen molar-refractivity contribution in [1.29, 1.82) is 0 Å². The number of piperidine rings is 1. The van der Waals surface area contributed by atoms with E-state index in [4.69, 9.17) is 0 Å². The molecule has 1 aliphatic heterocycles. The van der Waals surface area contributed by atoms with Crippen LogP contribution in [0.5, 0.6) is 0 Å². The fraction of sp³-hybridized carbons (Fsp3) is 0.583. The summed E-state index contributed by atoms with van der Waals surface area (Å²) in [5, 5.41) is 0. The molecule has 0 radical (unpaired) electrons. The number of thiol groups is 1. The van der Waals surface area contributed by atoms with Crippen molar-refractivity contribution >= 4 is 34.5 Å². The number of hydrogen-bond acceptors (Lipinski definition) is 2. The van der Waals surface area contributed by atoms with Crippen LogP contribution >= 0.6 is 28.6 Å². The second-order valence-corrected chi connectivity index (χ2v) is 6.94. The van der Waals surface area contributed by atoms with Gasteiger partial charge in [0.15, 0.2) is 0 Å². The Labute approximate surface area is 111 Å². The van der Waals surface area contributed by atoms with Gasteiger partial charge in [0.25, 0.3) is 5.91 Å². The van der Waals surface area contributed by atoms with Crippen LogP contribution in [0.1, 0.15) is 26.7 Å². The number of rotatable bonds is 2. The fourth-order valence-electron chi connectivity index (χ4n) is 2.01. The lowest BCUT2D eigenvalue weighted by molar-refractivity contribution is -0.129. The number of carbonyl (C=O) groups is 1. The van der Waals surface area contributed by atoms with Gasteiger partial charge in [0.1, 0.15) is 0 Å². The normalized spacial score (nSPS) is 20.8. The number of amides is 1. The highest BCUT2D eigenvalue weighted by atomic mass is 79.9. The molecule has 1 heterocycles. The molecule has 0 aliphatic carbocycles. The van der Waals surface area contributed by atoms with Crippen LogP contribution in [-0.4, -0.2) is 23.9 Å². The number of likely N-dealkylation sites (tertiary alicyclic amines) is 1.